The summed E-state index contributed by atoms with van der Waals surface area (Å²) in [6.45, 7) is 6.32. The van der Waals surface area contributed by atoms with Crippen molar-refractivity contribution in [2.45, 2.75) is 57.7 Å². The molecule has 0 unspecified atom stereocenters. The molecule has 176 valence electrons. The molecule has 0 saturated heterocycles. The van der Waals surface area contributed by atoms with Gasteiger partial charge in [0.2, 0.25) is 0 Å². The summed E-state index contributed by atoms with van der Waals surface area (Å²) in [5, 5.41) is 2.86. The smallest absolute Gasteiger partial charge is 0.410 e. The van der Waals surface area contributed by atoms with Crippen molar-refractivity contribution >= 4 is 12.2 Å². The number of halogens is 1. The van der Waals surface area contributed by atoms with Gasteiger partial charge in [0.25, 0.3) is 0 Å². The van der Waals surface area contributed by atoms with E-state index in [1.165, 1.54) is 17.7 Å². The summed E-state index contributed by atoms with van der Waals surface area (Å²) >= 11 is 0. The second kappa shape index (κ2) is 9.41. The molecular formula is C26H31FN2O4. The molecular weight excluding hydrogens is 423 g/mol. The molecule has 1 fully saturated rings. The Labute approximate surface area is 194 Å². The highest BCUT2D eigenvalue weighted by Crippen LogP contribution is 2.36. The lowest BCUT2D eigenvalue weighted by molar-refractivity contribution is 0.0341. The minimum Gasteiger partial charge on any atom is -0.449 e. The Morgan fingerprint density at radius 3 is 2.48 bits per heavy atom. The zero-order chi connectivity index (χ0) is 23.6. The van der Waals surface area contributed by atoms with Gasteiger partial charge in [0.1, 0.15) is 11.4 Å². The number of rotatable bonds is 4. The first-order chi connectivity index (χ1) is 15.7. The summed E-state index contributed by atoms with van der Waals surface area (Å²) in [6, 6.07) is 14.0. The van der Waals surface area contributed by atoms with Crippen LogP contribution in [0.25, 0.3) is 0 Å². The highest BCUT2D eigenvalue weighted by molar-refractivity contribution is 5.70. The van der Waals surface area contributed by atoms with Gasteiger partial charge in [0, 0.05) is 12.6 Å². The van der Waals surface area contributed by atoms with Crippen LogP contribution in [0, 0.1) is 11.7 Å². The Hall–Kier alpha value is -3.09. The number of fused-ring (bicyclic) bond motifs is 1. The van der Waals surface area contributed by atoms with Crippen LogP contribution in [0.3, 0.4) is 0 Å². The van der Waals surface area contributed by atoms with Gasteiger partial charge in [-0.05, 0) is 74.8 Å². The standard InChI is InChI=1S/C26H31FN2O4/c1-26(2,3)33-24(30)28-21-14-17(15-21)16-32-25(31)29-13-12-18-6-4-5-7-22(18)23(29)19-8-10-20(27)11-9-19/h4-11,17,21,23H,12-16H2,1-3H3,(H,28,30)/t17-,21-,23-/m0/s1. The number of benzene rings is 2. The topological polar surface area (TPSA) is 67.9 Å². The van der Waals surface area contributed by atoms with E-state index in [2.05, 4.69) is 11.4 Å². The van der Waals surface area contributed by atoms with Gasteiger partial charge < -0.3 is 14.8 Å². The number of nitrogens with one attached hydrogen (secondary N) is 1. The Bertz CT molecular complexity index is 996. The molecule has 0 aromatic heterocycles. The van der Waals surface area contributed by atoms with Gasteiger partial charge in [-0.3, -0.25) is 4.90 Å². The normalized spacial score (nSPS) is 22.1. The first-order valence-electron chi connectivity index (χ1n) is 11.5. The van der Waals surface area contributed by atoms with Gasteiger partial charge in [0.05, 0.1) is 12.6 Å². The van der Waals surface area contributed by atoms with E-state index < -0.39 is 11.7 Å². The quantitative estimate of drug-likeness (QED) is 0.688. The minimum atomic E-state index is -0.531. The molecule has 0 spiro atoms. The SMILES string of the molecule is CC(C)(C)OC(=O)N[C@H]1C[C@H](COC(=O)N2CCc3ccccc3[C@@H]2c2ccc(F)cc2)C1. The van der Waals surface area contributed by atoms with Gasteiger partial charge in [-0.2, -0.15) is 0 Å². The highest BCUT2D eigenvalue weighted by Gasteiger charge is 2.36. The van der Waals surface area contributed by atoms with Gasteiger partial charge in [0.15, 0.2) is 0 Å². The molecule has 0 radical (unpaired) electrons. The van der Waals surface area contributed by atoms with Crippen LogP contribution in [0.5, 0.6) is 0 Å². The van der Waals surface area contributed by atoms with Crippen LogP contribution in [0.1, 0.15) is 56.3 Å². The molecule has 7 heteroatoms. The van der Waals surface area contributed by atoms with Crippen molar-refractivity contribution in [1.82, 2.24) is 10.2 Å². The maximum Gasteiger partial charge on any atom is 0.410 e. The number of hydrogen-bond donors (Lipinski definition) is 1. The first-order valence-corrected chi connectivity index (χ1v) is 11.5. The van der Waals surface area contributed by atoms with E-state index in [9.17, 15) is 14.0 Å². The van der Waals surface area contributed by atoms with Crippen molar-refractivity contribution < 1.29 is 23.5 Å². The van der Waals surface area contributed by atoms with E-state index >= 15 is 0 Å². The van der Waals surface area contributed by atoms with Gasteiger partial charge in [-0.25, -0.2) is 14.0 Å². The van der Waals surface area contributed by atoms with Crippen molar-refractivity contribution in [2.75, 3.05) is 13.2 Å². The number of carbonyl (C=O) groups excluding carboxylic acids is 2. The average Bonchev–Trinajstić information content (AvgIpc) is 2.73. The lowest BCUT2D eigenvalue weighted by Crippen LogP contribution is -2.48. The summed E-state index contributed by atoms with van der Waals surface area (Å²) in [5.41, 5.74) is 2.55. The fourth-order valence-corrected chi connectivity index (χ4v) is 4.50. The maximum atomic E-state index is 13.5. The molecule has 1 atom stereocenters. The van der Waals surface area contributed by atoms with Crippen LogP contribution in [-0.4, -0.2) is 41.9 Å². The largest absolute Gasteiger partial charge is 0.449 e. The van der Waals surface area contributed by atoms with Crippen LogP contribution >= 0.6 is 0 Å². The summed E-state index contributed by atoms with van der Waals surface area (Å²) < 4.78 is 24.5. The molecule has 1 aliphatic carbocycles. The molecule has 2 aliphatic rings. The molecule has 1 saturated carbocycles. The molecule has 2 aromatic rings. The third-order valence-electron chi connectivity index (χ3n) is 6.10. The zero-order valence-corrected chi connectivity index (χ0v) is 19.3. The van der Waals surface area contributed by atoms with Crippen LogP contribution in [0.2, 0.25) is 0 Å². The van der Waals surface area contributed by atoms with Crippen molar-refractivity contribution in [3.05, 3.63) is 71.0 Å². The van der Waals surface area contributed by atoms with Crippen molar-refractivity contribution in [1.29, 1.82) is 0 Å². The number of amides is 2. The Kier molecular flexibility index (Phi) is 6.58. The van der Waals surface area contributed by atoms with E-state index in [4.69, 9.17) is 9.47 Å². The summed E-state index contributed by atoms with van der Waals surface area (Å²) in [4.78, 5) is 26.7. The fraction of sp³-hybridized carbons (Fsp3) is 0.462. The van der Waals surface area contributed by atoms with Gasteiger partial charge in [-0.15, -0.1) is 0 Å². The lowest BCUT2D eigenvalue weighted by Gasteiger charge is -2.39. The molecule has 4 rings (SSSR count). The number of alkyl carbamates (subject to hydrolysis) is 1. The summed E-state index contributed by atoms with van der Waals surface area (Å²) in [7, 11) is 0. The molecule has 1 heterocycles. The van der Waals surface area contributed by atoms with Crippen molar-refractivity contribution in [3.63, 3.8) is 0 Å². The zero-order valence-electron chi connectivity index (χ0n) is 19.3. The summed E-state index contributed by atoms with van der Waals surface area (Å²) in [5.74, 6) is -0.105. The van der Waals surface area contributed by atoms with Crippen molar-refractivity contribution in [2.24, 2.45) is 5.92 Å². The number of carbonyl (C=O) groups is 2. The highest BCUT2D eigenvalue weighted by atomic mass is 19.1. The third kappa shape index (κ3) is 5.64. The van der Waals surface area contributed by atoms with E-state index in [0.717, 1.165) is 30.4 Å². The van der Waals surface area contributed by atoms with Crippen LogP contribution in [0.4, 0.5) is 14.0 Å². The molecule has 2 aromatic carbocycles. The second-order valence-corrected chi connectivity index (χ2v) is 9.85. The van der Waals surface area contributed by atoms with E-state index in [1.54, 1.807) is 17.0 Å². The Morgan fingerprint density at radius 2 is 1.79 bits per heavy atom. The predicted octanol–water partition coefficient (Wildman–Crippen LogP) is 5.21. The monoisotopic (exact) mass is 454 g/mol. The number of ether oxygens (including phenoxy) is 2. The maximum absolute atomic E-state index is 13.5. The van der Waals surface area contributed by atoms with E-state index in [1.807, 2.05) is 39.0 Å². The second-order valence-electron chi connectivity index (χ2n) is 9.85. The van der Waals surface area contributed by atoms with E-state index in [0.29, 0.717) is 13.2 Å². The molecule has 0 bridgehead atoms. The first kappa shape index (κ1) is 23.1. The van der Waals surface area contributed by atoms with E-state index in [-0.39, 0.29) is 29.9 Å². The van der Waals surface area contributed by atoms with Gasteiger partial charge in [-0.1, -0.05) is 36.4 Å². The Balaban J connectivity index is 1.35. The molecule has 1 N–H and O–H groups in total. The number of hydrogen-bond acceptors (Lipinski definition) is 4. The average molecular weight is 455 g/mol. The predicted molar refractivity (Wildman–Crippen MR) is 122 cm³/mol. The number of nitrogens with zero attached hydrogens (tertiary/aromatic N) is 1. The fourth-order valence-electron chi connectivity index (χ4n) is 4.50. The lowest BCUT2D eigenvalue weighted by atomic mass is 9.81. The molecule has 33 heavy (non-hydrogen) atoms. The van der Waals surface area contributed by atoms with Crippen LogP contribution in [0.15, 0.2) is 48.5 Å². The third-order valence-corrected chi connectivity index (χ3v) is 6.10. The van der Waals surface area contributed by atoms with Gasteiger partial charge >= 0.3 is 12.2 Å². The minimum absolute atomic E-state index is 0.0392. The Morgan fingerprint density at radius 1 is 1.09 bits per heavy atom. The van der Waals surface area contributed by atoms with Crippen molar-refractivity contribution in [3.8, 4) is 0 Å². The molecule has 6 nitrogen and oxygen atoms in total. The van der Waals surface area contributed by atoms with Crippen LogP contribution < -0.4 is 5.32 Å². The molecule has 2 amide bonds. The van der Waals surface area contributed by atoms with Crippen LogP contribution in [-0.2, 0) is 15.9 Å². The molecule has 1 aliphatic heterocycles. The summed E-state index contributed by atoms with van der Waals surface area (Å²) in [6.07, 6.45) is 1.45.